The van der Waals surface area contributed by atoms with Crippen LogP contribution < -0.4 is 5.32 Å². The third-order valence-corrected chi connectivity index (χ3v) is 1.79. The highest BCUT2D eigenvalue weighted by Gasteiger charge is 2.08. The second-order valence-electron chi connectivity index (χ2n) is 2.86. The zero-order valence-corrected chi connectivity index (χ0v) is 7.14. The minimum Gasteiger partial charge on any atom is -0.367 e. The normalized spacial score (nSPS) is 21.4. The van der Waals surface area contributed by atoms with E-state index in [0.29, 0.717) is 12.0 Å². The molecule has 4 heteroatoms. The number of hydrogen-bond acceptors (Lipinski definition) is 4. The van der Waals surface area contributed by atoms with E-state index in [0.717, 1.165) is 0 Å². The van der Waals surface area contributed by atoms with Gasteiger partial charge in [0, 0.05) is 18.2 Å². The summed E-state index contributed by atoms with van der Waals surface area (Å²) in [6, 6.07) is 2.13. The molecule has 0 amide bonds. The van der Waals surface area contributed by atoms with Gasteiger partial charge in [0.15, 0.2) is 6.29 Å². The van der Waals surface area contributed by atoms with Crippen molar-refractivity contribution in [3.05, 3.63) is 23.8 Å². The van der Waals surface area contributed by atoms with E-state index >= 15 is 0 Å². The molecule has 0 saturated heterocycles. The first-order valence-electron chi connectivity index (χ1n) is 4.10. The lowest BCUT2D eigenvalue weighted by Gasteiger charge is -2.16. The van der Waals surface area contributed by atoms with Gasteiger partial charge in [0.25, 0.3) is 0 Å². The van der Waals surface area contributed by atoms with Gasteiger partial charge in [0.1, 0.15) is 0 Å². The van der Waals surface area contributed by atoms with Crippen molar-refractivity contribution < 1.29 is 10.2 Å². The largest absolute Gasteiger partial charge is 0.367 e. The smallest absolute Gasteiger partial charge is 0.164 e. The number of nitrogens with zero attached hydrogens (tertiary/aromatic N) is 1. The Labute approximate surface area is 76.8 Å². The highest BCUT2D eigenvalue weighted by atomic mass is 16.5. The van der Waals surface area contributed by atoms with E-state index in [4.69, 9.17) is 15.5 Å². The molecular weight excluding hydrogens is 168 g/mol. The van der Waals surface area contributed by atoms with Crippen molar-refractivity contribution in [2.75, 3.05) is 6.54 Å². The summed E-state index contributed by atoms with van der Waals surface area (Å²) in [7, 11) is 0. The molecule has 13 heavy (non-hydrogen) atoms. The van der Waals surface area contributed by atoms with Crippen LogP contribution in [0.1, 0.15) is 6.42 Å². The number of rotatable bonds is 3. The van der Waals surface area contributed by atoms with Gasteiger partial charge in [-0.2, -0.15) is 5.26 Å². The molecule has 0 aromatic carbocycles. The summed E-state index contributed by atoms with van der Waals surface area (Å²) in [5.41, 5.74) is 0.655. The molecule has 0 heterocycles. The summed E-state index contributed by atoms with van der Waals surface area (Å²) in [5, 5.41) is 28.6. The lowest BCUT2D eigenvalue weighted by Crippen LogP contribution is -2.34. The first kappa shape index (κ1) is 9.93. The number of nitriles is 1. The van der Waals surface area contributed by atoms with Crippen molar-refractivity contribution in [2.45, 2.75) is 18.8 Å². The van der Waals surface area contributed by atoms with Gasteiger partial charge < -0.3 is 15.5 Å². The third kappa shape index (κ3) is 3.38. The second-order valence-corrected chi connectivity index (χ2v) is 2.86. The zero-order valence-electron chi connectivity index (χ0n) is 7.14. The third-order valence-electron chi connectivity index (χ3n) is 1.79. The molecule has 1 aliphatic carbocycles. The van der Waals surface area contributed by atoms with Crippen LogP contribution in [-0.2, 0) is 0 Å². The van der Waals surface area contributed by atoms with E-state index < -0.39 is 6.29 Å². The van der Waals surface area contributed by atoms with Gasteiger partial charge in [0.2, 0.25) is 0 Å². The number of allylic oxidation sites excluding steroid dienone is 2. The summed E-state index contributed by atoms with van der Waals surface area (Å²) in [6.07, 6.45) is 4.79. The van der Waals surface area contributed by atoms with Gasteiger partial charge in [-0.15, -0.1) is 0 Å². The molecule has 0 radical (unpaired) electrons. The van der Waals surface area contributed by atoms with Crippen molar-refractivity contribution in [3.63, 3.8) is 0 Å². The molecular formula is C9H12N2O2. The molecule has 0 fully saturated rings. The topological polar surface area (TPSA) is 76.3 Å². The monoisotopic (exact) mass is 180 g/mol. The van der Waals surface area contributed by atoms with E-state index in [-0.39, 0.29) is 12.6 Å². The Kier molecular flexibility index (Phi) is 3.65. The Morgan fingerprint density at radius 1 is 1.69 bits per heavy atom. The summed E-state index contributed by atoms with van der Waals surface area (Å²) in [4.78, 5) is 0. The van der Waals surface area contributed by atoms with Gasteiger partial charge >= 0.3 is 0 Å². The minimum atomic E-state index is -1.32. The Hall–Kier alpha value is -1.15. The SMILES string of the molecule is N#CC1=CCC(NCC(O)O)C=C1. The number of hydrogen-bond donors (Lipinski definition) is 3. The van der Waals surface area contributed by atoms with Crippen LogP contribution in [-0.4, -0.2) is 29.1 Å². The second kappa shape index (κ2) is 4.77. The highest BCUT2D eigenvalue weighted by molar-refractivity contribution is 5.36. The fraction of sp³-hybridized carbons (Fsp3) is 0.444. The summed E-state index contributed by atoms with van der Waals surface area (Å²) >= 11 is 0. The number of aliphatic hydroxyl groups excluding tert-OH is 1. The first-order chi connectivity index (χ1) is 6.22. The van der Waals surface area contributed by atoms with E-state index in [9.17, 15) is 0 Å². The van der Waals surface area contributed by atoms with Crippen molar-refractivity contribution in [1.29, 1.82) is 5.26 Å². The molecule has 1 rings (SSSR count). The lowest BCUT2D eigenvalue weighted by atomic mass is 10.0. The van der Waals surface area contributed by atoms with Crippen molar-refractivity contribution in [2.24, 2.45) is 0 Å². The fourth-order valence-corrected chi connectivity index (χ4v) is 1.11. The van der Waals surface area contributed by atoms with Crippen LogP contribution in [0.2, 0.25) is 0 Å². The van der Waals surface area contributed by atoms with Crippen LogP contribution >= 0.6 is 0 Å². The Balaban J connectivity index is 2.32. The van der Waals surface area contributed by atoms with Crippen molar-refractivity contribution in [3.8, 4) is 6.07 Å². The molecule has 4 nitrogen and oxygen atoms in total. The van der Waals surface area contributed by atoms with Gasteiger partial charge in [-0.05, 0) is 12.5 Å². The average molecular weight is 180 g/mol. The quantitative estimate of drug-likeness (QED) is 0.519. The summed E-state index contributed by atoms with van der Waals surface area (Å²) in [6.45, 7) is 0.144. The van der Waals surface area contributed by atoms with Crippen LogP contribution in [0.5, 0.6) is 0 Å². The van der Waals surface area contributed by atoms with Gasteiger partial charge in [-0.25, -0.2) is 0 Å². The van der Waals surface area contributed by atoms with Crippen LogP contribution in [0.15, 0.2) is 23.8 Å². The summed E-state index contributed by atoms with van der Waals surface area (Å²) in [5.74, 6) is 0. The Morgan fingerprint density at radius 2 is 2.46 bits per heavy atom. The lowest BCUT2D eigenvalue weighted by molar-refractivity contribution is -0.0380. The minimum absolute atomic E-state index is 0.0962. The first-order valence-corrected chi connectivity index (χ1v) is 4.10. The molecule has 1 unspecified atom stereocenters. The molecule has 3 N–H and O–H groups in total. The maximum Gasteiger partial charge on any atom is 0.164 e. The number of aliphatic hydroxyl groups is 2. The van der Waals surface area contributed by atoms with Gasteiger partial charge in [-0.1, -0.05) is 12.2 Å². The van der Waals surface area contributed by atoms with E-state index in [1.54, 1.807) is 6.08 Å². The van der Waals surface area contributed by atoms with Crippen LogP contribution in [0.3, 0.4) is 0 Å². The molecule has 1 aliphatic rings. The molecule has 0 saturated carbocycles. The molecule has 1 atom stereocenters. The highest BCUT2D eigenvalue weighted by Crippen LogP contribution is 2.09. The predicted molar refractivity (Wildman–Crippen MR) is 47.5 cm³/mol. The van der Waals surface area contributed by atoms with E-state index in [1.165, 1.54) is 0 Å². The molecule has 0 aliphatic heterocycles. The van der Waals surface area contributed by atoms with E-state index in [1.807, 2.05) is 18.2 Å². The van der Waals surface area contributed by atoms with Gasteiger partial charge in [-0.3, -0.25) is 0 Å². The standard InChI is InChI=1S/C9H12N2O2/c10-5-7-1-3-8(4-2-7)11-6-9(12)13/h1-3,8-9,11-13H,4,6H2. The Bertz CT molecular complexity index is 263. The average Bonchev–Trinajstić information content (AvgIpc) is 2.15. The predicted octanol–water partition coefficient (Wildman–Crippen LogP) is -0.335. The molecule has 70 valence electrons. The molecule has 0 aromatic heterocycles. The maximum absolute atomic E-state index is 8.58. The summed E-state index contributed by atoms with van der Waals surface area (Å²) < 4.78 is 0. The van der Waals surface area contributed by atoms with Crippen LogP contribution in [0.25, 0.3) is 0 Å². The maximum atomic E-state index is 8.58. The van der Waals surface area contributed by atoms with Crippen molar-refractivity contribution in [1.82, 2.24) is 5.32 Å². The van der Waals surface area contributed by atoms with E-state index in [2.05, 4.69) is 5.32 Å². The Morgan fingerprint density at radius 3 is 2.92 bits per heavy atom. The molecule has 0 aromatic rings. The van der Waals surface area contributed by atoms with Crippen LogP contribution in [0.4, 0.5) is 0 Å². The van der Waals surface area contributed by atoms with Crippen LogP contribution in [0, 0.1) is 11.3 Å². The zero-order chi connectivity index (χ0) is 9.68. The van der Waals surface area contributed by atoms with Crippen molar-refractivity contribution >= 4 is 0 Å². The number of nitrogens with one attached hydrogen (secondary N) is 1. The molecule has 0 spiro atoms. The molecule has 0 bridgehead atoms. The fourth-order valence-electron chi connectivity index (χ4n) is 1.11. The van der Waals surface area contributed by atoms with Gasteiger partial charge in [0.05, 0.1) is 6.07 Å².